The number of nitrogens with zero attached hydrogens (tertiary/aromatic N) is 4. The SMILES string of the molecule is CNC(=O)c1cccc(Nc2nc3ccccn3c2-c2cc(N)nc(C)n2)c1. The van der Waals surface area contributed by atoms with Crippen LogP contribution in [0.5, 0.6) is 0 Å². The number of amides is 1. The smallest absolute Gasteiger partial charge is 0.251 e. The molecule has 0 aliphatic carbocycles. The van der Waals surface area contributed by atoms with E-state index < -0.39 is 0 Å². The maximum absolute atomic E-state index is 11.9. The van der Waals surface area contributed by atoms with Gasteiger partial charge in [0, 0.05) is 30.6 Å². The molecule has 0 unspecified atom stereocenters. The Labute approximate surface area is 161 Å². The highest BCUT2D eigenvalue weighted by Gasteiger charge is 2.17. The van der Waals surface area contributed by atoms with Crippen molar-refractivity contribution in [2.24, 2.45) is 0 Å². The second-order valence-electron chi connectivity index (χ2n) is 6.25. The summed E-state index contributed by atoms with van der Waals surface area (Å²) in [7, 11) is 1.60. The van der Waals surface area contributed by atoms with E-state index in [-0.39, 0.29) is 5.91 Å². The highest BCUT2D eigenvalue weighted by atomic mass is 16.1. The second kappa shape index (κ2) is 6.99. The summed E-state index contributed by atoms with van der Waals surface area (Å²) >= 11 is 0. The van der Waals surface area contributed by atoms with Gasteiger partial charge in [-0.2, -0.15) is 0 Å². The van der Waals surface area contributed by atoms with E-state index >= 15 is 0 Å². The molecule has 28 heavy (non-hydrogen) atoms. The minimum Gasteiger partial charge on any atom is -0.384 e. The fourth-order valence-electron chi connectivity index (χ4n) is 3.06. The summed E-state index contributed by atoms with van der Waals surface area (Å²) in [4.78, 5) is 25.3. The Hall–Kier alpha value is -3.94. The maximum Gasteiger partial charge on any atom is 0.251 e. The maximum atomic E-state index is 11.9. The number of carbonyl (C=O) groups is 1. The highest BCUT2D eigenvalue weighted by Crippen LogP contribution is 2.31. The summed E-state index contributed by atoms with van der Waals surface area (Å²) in [5.74, 6) is 1.42. The molecular weight excluding hydrogens is 354 g/mol. The third-order valence-electron chi connectivity index (χ3n) is 4.24. The van der Waals surface area contributed by atoms with Crippen molar-refractivity contribution in [3.8, 4) is 11.4 Å². The number of aryl methyl sites for hydroxylation is 1. The monoisotopic (exact) mass is 373 g/mol. The molecule has 0 radical (unpaired) electrons. The van der Waals surface area contributed by atoms with Crippen molar-refractivity contribution in [1.29, 1.82) is 0 Å². The van der Waals surface area contributed by atoms with Gasteiger partial charge in [-0.15, -0.1) is 0 Å². The summed E-state index contributed by atoms with van der Waals surface area (Å²) in [6.45, 7) is 1.79. The van der Waals surface area contributed by atoms with Crippen molar-refractivity contribution >= 4 is 28.9 Å². The Morgan fingerprint density at radius 2 is 1.93 bits per heavy atom. The van der Waals surface area contributed by atoms with Crippen LogP contribution < -0.4 is 16.4 Å². The molecule has 0 atom stereocenters. The molecule has 0 fully saturated rings. The van der Waals surface area contributed by atoms with Gasteiger partial charge in [-0.05, 0) is 37.3 Å². The normalized spacial score (nSPS) is 10.8. The van der Waals surface area contributed by atoms with Crippen LogP contribution in [0.1, 0.15) is 16.2 Å². The number of anilines is 3. The van der Waals surface area contributed by atoms with Crippen LogP contribution in [0.2, 0.25) is 0 Å². The number of rotatable bonds is 4. The average Bonchev–Trinajstić information content (AvgIpc) is 3.04. The predicted octanol–water partition coefficient (Wildman–Crippen LogP) is 2.79. The topological polar surface area (TPSA) is 110 Å². The first-order valence-corrected chi connectivity index (χ1v) is 8.73. The van der Waals surface area contributed by atoms with Crippen molar-refractivity contribution in [3.63, 3.8) is 0 Å². The average molecular weight is 373 g/mol. The molecule has 1 aromatic carbocycles. The number of aromatic nitrogens is 4. The Balaban J connectivity index is 1.85. The first-order valence-electron chi connectivity index (χ1n) is 8.73. The number of hydrogen-bond acceptors (Lipinski definition) is 6. The molecule has 0 saturated carbocycles. The van der Waals surface area contributed by atoms with Crippen LogP contribution in [0.3, 0.4) is 0 Å². The van der Waals surface area contributed by atoms with E-state index in [0.29, 0.717) is 28.7 Å². The molecule has 8 nitrogen and oxygen atoms in total. The van der Waals surface area contributed by atoms with Crippen LogP contribution in [-0.4, -0.2) is 32.3 Å². The lowest BCUT2D eigenvalue weighted by molar-refractivity contribution is 0.0963. The van der Waals surface area contributed by atoms with Crippen LogP contribution in [0.15, 0.2) is 54.7 Å². The zero-order valence-electron chi connectivity index (χ0n) is 15.5. The van der Waals surface area contributed by atoms with Crippen molar-refractivity contribution in [1.82, 2.24) is 24.7 Å². The van der Waals surface area contributed by atoms with E-state index in [0.717, 1.165) is 17.0 Å². The van der Waals surface area contributed by atoms with Crippen LogP contribution >= 0.6 is 0 Å². The predicted molar refractivity (Wildman–Crippen MR) is 108 cm³/mol. The number of imidazole rings is 1. The number of nitrogens with two attached hydrogens (primary N) is 1. The third kappa shape index (κ3) is 3.23. The van der Waals surface area contributed by atoms with Crippen LogP contribution in [-0.2, 0) is 0 Å². The van der Waals surface area contributed by atoms with Crippen LogP contribution in [0.25, 0.3) is 17.0 Å². The lowest BCUT2D eigenvalue weighted by Gasteiger charge is -2.09. The molecule has 3 heterocycles. The molecular formula is C20H19N7O. The standard InChI is InChI=1S/C20H19N7O/c1-12-23-15(11-16(21)24-12)18-19(26-17-8-3-4-9-27(17)18)25-14-7-5-6-13(10-14)20(28)22-2/h3-11,25H,1-2H3,(H,22,28)(H2,21,23,24). The molecule has 4 N–H and O–H groups in total. The van der Waals surface area contributed by atoms with Crippen LogP contribution in [0, 0.1) is 6.92 Å². The lowest BCUT2D eigenvalue weighted by Crippen LogP contribution is -2.17. The first kappa shape index (κ1) is 17.5. The number of fused-ring (bicyclic) bond motifs is 1. The molecule has 0 aliphatic rings. The fourth-order valence-corrected chi connectivity index (χ4v) is 3.06. The van der Waals surface area contributed by atoms with Gasteiger partial charge in [0.05, 0.1) is 5.69 Å². The Kier molecular flexibility index (Phi) is 4.36. The third-order valence-corrected chi connectivity index (χ3v) is 4.24. The van der Waals surface area contributed by atoms with Crippen molar-refractivity contribution < 1.29 is 4.79 Å². The number of nitrogen functional groups attached to an aromatic ring is 1. The molecule has 1 amide bonds. The molecule has 8 heteroatoms. The Morgan fingerprint density at radius 3 is 2.71 bits per heavy atom. The van der Waals surface area contributed by atoms with Gasteiger partial charge >= 0.3 is 0 Å². The zero-order chi connectivity index (χ0) is 19.7. The molecule has 0 spiro atoms. The second-order valence-corrected chi connectivity index (χ2v) is 6.25. The van der Waals surface area contributed by atoms with Crippen LogP contribution in [0.4, 0.5) is 17.3 Å². The zero-order valence-corrected chi connectivity index (χ0v) is 15.5. The molecule has 0 saturated heterocycles. The van der Waals surface area contributed by atoms with Gasteiger partial charge in [0.1, 0.15) is 23.0 Å². The molecule has 4 aromatic rings. The Morgan fingerprint density at radius 1 is 1.07 bits per heavy atom. The first-order chi connectivity index (χ1) is 13.5. The van der Waals surface area contributed by atoms with Crippen molar-refractivity contribution in [2.45, 2.75) is 6.92 Å². The van der Waals surface area contributed by atoms with Gasteiger partial charge in [0.2, 0.25) is 0 Å². The largest absolute Gasteiger partial charge is 0.384 e. The minimum absolute atomic E-state index is 0.155. The molecule has 0 aliphatic heterocycles. The van der Waals surface area contributed by atoms with E-state index in [4.69, 9.17) is 5.73 Å². The van der Waals surface area contributed by atoms with Gasteiger partial charge in [0.15, 0.2) is 5.82 Å². The van der Waals surface area contributed by atoms with Crippen molar-refractivity contribution in [2.75, 3.05) is 18.1 Å². The van der Waals surface area contributed by atoms with Gasteiger partial charge in [-0.25, -0.2) is 15.0 Å². The number of nitrogens with one attached hydrogen (secondary N) is 2. The molecule has 4 rings (SSSR count). The van der Waals surface area contributed by atoms with E-state index in [1.54, 1.807) is 32.2 Å². The summed E-state index contributed by atoms with van der Waals surface area (Å²) in [5, 5.41) is 5.93. The van der Waals surface area contributed by atoms with Gasteiger partial charge in [-0.1, -0.05) is 12.1 Å². The van der Waals surface area contributed by atoms with Crippen molar-refractivity contribution in [3.05, 3.63) is 66.1 Å². The number of carbonyl (C=O) groups excluding carboxylic acids is 1. The fraction of sp³-hybridized carbons (Fsp3) is 0.100. The van der Waals surface area contributed by atoms with E-state index in [9.17, 15) is 4.79 Å². The quantitative estimate of drug-likeness (QED) is 0.507. The van der Waals surface area contributed by atoms with E-state index in [2.05, 4.69) is 25.6 Å². The summed E-state index contributed by atoms with van der Waals surface area (Å²) in [6.07, 6.45) is 1.91. The summed E-state index contributed by atoms with van der Waals surface area (Å²) < 4.78 is 1.94. The highest BCUT2D eigenvalue weighted by molar-refractivity contribution is 5.95. The number of benzene rings is 1. The van der Waals surface area contributed by atoms with E-state index in [1.807, 2.05) is 40.9 Å². The molecule has 0 bridgehead atoms. The number of pyridine rings is 1. The minimum atomic E-state index is -0.155. The van der Waals surface area contributed by atoms with Gasteiger partial charge in [0.25, 0.3) is 5.91 Å². The lowest BCUT2D eigenvalue weighted by atomic mass is 10.2. The van der Waals surface area contributed by atoms with Gasteiger partial charge in [-0.3, -0.25) is 9.20 Å². The van der Waals surface area contributed by atoms with Gasteiger partial charge < -0.3 is 16.4 Å². The molecule has 140 valence electrons. The number of hydrogen-bond donors (Lipinski definition) is 3. The Bertz CT molecular complexity index is 1160. The van der Waals surface area contributed by atoms with E-state index in [1.165, 1.54) is 0 Å². The molecule has 3 aromatic heterocycles. The summed E-state index contributed by atoms with van der Waals surface area (Å²) in [5.41, 5.74) is 9.42. The summed E-state index contributed by atoms with van der Waals surface area (Å²) in [6, 6.07) is 14.7.